The fraction of sp³-hybridized carbons (Fsp3) is 0.0667. The zero-order valence-corrected chi connectivity index (χ0v) is 18.6. The van der Waals surface area contributed by atoms with Crippen LogP contribution in [0.5, 0.6) is 0 Å². The van der Waals surface area contributed by atoms with Gasteiger partial charge in [-0.25, -0.2) is 9.37 Å². The Bertz CT molecular complexity index is 1620. The fourth-order valence-corrected chi connectivity index (χ4v) is 4.38. The van der Waals surface area contributed by atoms with Crippen molar-refractivity contribution in [2.75, 3.05) is 0 Å². The molecule has 6 rings (SSSR count). The maximum absolute atomic E-state index is 13.3. The number of benzene rings is 3. The van der Waals surface area contributed by atoms with Crippen LogP contribution in [0.25, 0.3) is 44.5 Å². The normalized spacial score (nSPS) is 12.3. The van der Waals surface area contributed by atoms with Gasteiger partial charge in [-0.05, 0) is 71.3 Å². The Morgan fingerprint density at radius 2 is 1.50 bits per heavy atom. The molecule has 4 heteroatoms. The van der Waals surface area contributed by atoms with Crippen molar-refractivity contribution in [3.63, 3.8) is 0 Å². The largest absolute Gasteiger partial charge is 0.454 e. The Balaban J connectivity index is 1.43. The SMILES string of the molecule is CC(c1ccccc1)c1ccc2oc3ccc(-c4cc(-c5ccc(F)cc5)ccn4)cc3c2n1. The molecule has 0 N–H and O–H groups in total. The van der Waals surface area contributed by atoms with Crippen LogP contribution in [0.15, 0.2) is 108 Å². The van der Waals surface area contributed by atoms with Gasteiger partial charge in [-0.2, -0.15) is 0 Å². The van der Waals surface area contributed by atoms with E-state index in [-0.39, 0.29) is 11.7 Å². The smallest absolute Gasteiger partial charge is 0.153 e. The molecule has 0 bridgehead atoms. The summed E-state index contributed by atoms with van der Waals surface area (Å²) in [5.41, 5.74) is 8.39. The number of aromatic nitrogens is 2. The highest BCUT2D eigenvalue weighted by Crippen LogP contribution is 2.33. The number of hydrogen-bond acceptors (Lipinski definition) is 3. The van der Waals surface area contributed by atoms with Crippen molar-refractivity contribution in [2.24, 2.45) is 0 Å². The van der Waals surface area contributed by atoms with Crippen LogP contribution in [0.4, 0.5) is 4.39 Å². The van der Waals surface area contributed by atoms with Crippen molar-refractivity contribution in [2.45, 2.75) is 12.8 Å². The van der Waals surface area contributed by atoms with Crippen LogP contribution >= 0.6 is 0 Å². The van der Waals surface area contributed by atoms with Crippen molar-refractivity contribution in [1.82, 2.24) is 9.97 Å². The van der Waals surface area contributed by atoms with Gasteiger partial charge in [0.05, 0.1) is 5.69 Å². The minimum absolute atomic E-state index is 0.174. The number of fused-ring (bicyclic) bond motifs is 3. The summed E-state index contributed by atoms with van der Waals surface area (Å²) in [5.74, 6) is -0.0726. The van der Waals surface area contributed by atoms with Crippen molar-refractivity contribution in [1.29, 1.82) is 0 Å². The predicted octanol–water partition coefficient (Wildman–Crippen LogP) is 8.00. The number of pyridine rings is 2. The average Bonchev–Trinajstić information content (AvgIpc) is 3.26. The third-order valence-corrected chi connectivity index (χ3v) is 6.31. The Kier molecular flexibility index (Phi) is 4.92. The highest BCUT2D eigenvalue weighted by atomic mass is 19.1. The van der Waals surface area contributed by atoms with Gasteiger partial charge in [0.25, 0.3) is 0 Å². The van der Waals surface area contributed by atoms with Gasteiger partial charge in [0, 0.05) is 28.8 Å². The maximum atomic E-state index is 13.3. The van der Waals surface area contributed by atoms with Crippen molar-refractivity contribution in [3.05, 3.63) is 120 Å². The summed E-state index contributed by atoms with van der Waals surface area (Å²) in [6, 6.07) is 30.9. The maximum Gasteiger partial charge on any atom is 0.153 e. The Labute approximate surface area is 196 Å². The second-order valence-electron chi connectivity index (χ2n) is 8.46. The first-order valence-electron chi connectivity index (χ1n) is 11.3. The summed E-state index contributed by atoms with van der Waals surface area (Å²) < 4.78 is 19.4. The molecule has 0 saturated carbocycles. The topological polar surface area (TPSA) is 38.9 Å². The molecule has 6 aromatic rings. The van der Waals surface area contributed by atoms with Crippen molar-refractivity contribution < 1.29 is 8.81 Å². The lowest BCUT2D eigenvalue weighted by Gasteiger charge is -2.11. The Hall–Kier alpha value is -4.31. The van der Waals surface area contributed by atoms with Crippen LogP contribution in [-0.4, -0.2) is 9.97 Å². The van der Waals surface area contributed by atoms with E-state index < -0.39 is 0 Å². The molecule has 3 aromatic carbocycles. The Morgan fingerprint density at radius 1 is 0.735 bits per heavy atom. The molecule has 34 heavy (non-hydrogen) atoms. The Morgan fingerprint density at radius 3 is 2.32 bits per heavy atom. The fourth-order valence-electron chi connectivity index (χ4n) is 4.38. The zero-order chi connectivity index (χ0) is 23.1. The third-order valence-electron chi connectivity index (χ3n) is 6.31. The number of hydrogen-bond donors (Lipinski definition) is 0. The summed E-state index contributed by atoms with van der Waals surface area (Å²) in [7, 11) is 0. The second kappa shape index (κ2) is 8.23. The lowest BCUT2D eigenvalue weighted by atomic mass is 9.97. The van der Waals surface area contributed by atoms with E-state index in [1.165, 1.54) is 17.7 Å². The monoisotopic (exact) mass is 444 g/mol. The first-order valence-corrected chi connectivity index (χ1v) is 11.3. The molecule has 3 nitrogen and oxygen atoms in total. The van der Waals surface area contributed by atoms with Gasteiger partial charge in [0.15, 0.2) is 5.58 Å². The van der Waals surface area contributed by atoms with E-state index in [2.05, 4.69) is 42.2 Å². The minimum atomic E-state index is -0.247. The van der Waals surface area contributed by atoms with E-state index in [4.69, 9.17) is 9.40 Å². The van der Waals surface area contributed by atoms with Gasteiger partial charge < -0.3 is 4.42 Å². The molecule has 0 saturated heterocycles. The third kappa shape index (κ3) is 3.63. The number of nitrogens with zero attached hydrogens (tertiary/aromatic N) is 2. The lowest BCUT2D eigenvalue weighted by molar-refractivity contribution is 0.628. The van der Waals surface area contributed by atoms with Gasteiger partial charge in [0.1, 0.15) is 16.9 Å². The second-order valence-corrected chi connectivity index (χ2v) is 8.46. The van der Waals surface area contributed by atoms with Crippen molar-refractivity contribution in [3.8, 4) is 22.4 Å². The highest BCUT2D eigenvalue weighted by Gasteiger charge is 2.15. The molecular weight excluding hydrogens is 423 g/mol. The molecule has 0 aliphatic carbocycles. The molecule has 0 amide bonds. The molecule has 3 heterocycles. The molecule has 1 unspecified atom stereocenters. The molecule has 0 radical (unpaired) electrons. The molecule has 0 spiro atoms. The van der Waals surface area contributed by atoms with E-state index in [0.29, 0.717) is 0 Å². The molecule has 164 valence electrons. The van der Waals surface area contributed by atoms with E-state index in [9.17, 15) is 4.39 Å². The summed E-state index contributed by atoms with van der Waals surface area (Å²) >= 11 is 0. The van der Waals surface area contributed by atoms with Gasteiger partial charge in [-0.1, -0.05) is 49.4 Å². The minimum Gasteiger partial charge on any atom is -0.454 e. The molecule has 0 aliphatic rings. The van der Waals surface area contributed by atoms with Gasteiger partial charge in [-0.15, -0.1) is 0 Å². The summed E-state index contributed by atoms with van der Waals surface area (Å²) in [6.45, 7) is 2.17. The first kappa shape index (κ1) is 20.3. The van der Waals surface area contributed by atoms with Gasteiger partial charge in [0.2, 0.25) is 0 Å². The van der Waals surface area contributed by atoms with Crippen LogP contribution in [0.2, 0.25) is 0 Å². The van der Waals surface area contributed by atoms with Gasteiger partial charge in [-0.3, -0.25) is 4.98 Å². The van der Waals surface area contributed by atoms with Crippen LogP contribution in [0.1, 0.15) is 24.1 Å². The predicted molar refractivity (Wildman–Crippen MR) is 134 cm³/mol. The number of halogens is 1. The first-order chi connectivity index (χ1) is 16.7. The standard InChI is InChI=1S/C30H21FN2O/c1-19(20-5-3-2-4-6-20)26-12-14-29-30(33-26)25-17-23(9-13-28(25)34-29)27-18-22(15-16-32-27)21-7-10-24(31)11-8-21/h2-19H,1H3. The quantitative estimate of drug-likeness (QED) is 0.276. The number of furan rings is 1. The molecular formula is C30H21FN2O. The molecule has 1 atom stereocenters. The van der Waals surface area contributed by atoms with Gasteiger partial charge >= 0.3 is 0 Å². The zero-order valence-electron chi connectivity index (χ0n) is 18.6. The molecule has 0 fully saturated rings. The number of rotatable bonds is 4. The summed E-state index contributed by atoms with van der Waals surface area (Å²) in [4.78, 5) is 9.58. The van der Waals surface area contributed by atoms with E-state index in [1.54, 1.807) is 18.3 Å². The van der Waals surface area contributed by atoms with Crippen LogP contribution in [-0.2, 0) is 0 Å². The molecule has 0 aliphatic heterocycles. The van der Waals surface area contributed by atoms with Crippen LogP contribution in [0.3, 0.4) is 0 Å². The van der Waals surface area contributed by atoms with E-state index >= 15 is 0 Å². The van der Waals surface area contributed by atoms with Crippen molar-refractivity contribution >= 4 is 22.1 Å². The average molecular weight is 445 g/mol. The summed E-state index contributed by atoms with van der Waals surface area (Å²) in [6.07, 6.45) is 1.78. The molecule has 3 aromatic heterocycles. The van der Waals surface area contributed by atoms with E-state index in [1.807, 2.05) is 42.5 Å². The van der Waals surface area contributed by atoms with E-state index in [0.717, 1.165) is 50.1 Å². The summed E-state index contributed by atoms with van der Waals surface area (Å²) in [5, 5.41) is 0.962. The lowest BCUT2D eigenvalue weighted by Crippen LogP contribution is -1.98. The van der Waals surface area contributed by atoms with Crippen LogP contribution in [0, 0.1) is 5.82 Å². The van der Waals surface area contributed by atoms with Crippen LogP contribution < -0.4 is 0 Å². The highest BCUT2D eigenvalue weighted by molar-refractivity contribution is 6.04.